The van der Waals surface area contributed by atoms with Gasteiger partial charge in [-0.3, -0.25) is 4.68 Å². The predicted molar refractivity (Wildman–Crippen MR) is 65.8 cm³/mol. The number of nitrogens with zero attached hydrogens (tertiary/aromatic N) is 3. The fourth-order valence-corrected chi connectivity index (χ4v) is 2.21. The standard InChI is InChI=1S/C11H10BrN3O2/c1-6-7(3-4-9(14-6)11(16)17)10-8(12)5-13-15(10)2/h3-5H,1-2H3,(H,16,17). The molecule has 0 saturated carbocycles. The Hall–Kier alpha value is -1.69. The summed E-state index contributed by atoms with van der Waals surface area (Å²) in [5, 5.41) is 13.0. The summed E-state index contributed by atoms with van der Waals surface area (Å²) in [5.74, 6) is -1.02. The highest BCUT2D eigenvalue weighted by Crippen LogP contribution is 2.29. The van der Waals surface area contributed by atoms with Crippen LogP contribution in [0.5, 0.6) is 0 Å². The van der Waals surface area contributed by atoms with Gasteiger partial charge in [-0.1, -0.05) is 0 Å². The highest BCUT2D eigenvalue weighted by Gasteiger charge is 2.14. The molecule has 0 aliphatic heterocycles. The zero-order valence-electron chi connectivity index (χ0n) is 9.31. The van der Waals surface area contributed by atoms with Gasteiger partial charge in [-0.05, 0) is 35.0 Å². The average Bonchev–Trinajstić information content (AvgIpc) is 2.59. The Morgan fingerprint density at radius 3 is 2.65 bits per heavy atom. The molecule has 5 nitrogen and oxygen atoms in total. The monoisotopic (exact) mass is 295 g/mol. The summed E-state index contributed by atoms with van der Waals surface area (Å²) >= 11 is 3.41. The van der Waals surface area contributed by atoms with Crippen molar-refractivity contribution in [3.8, 4) is 11.3 Å². The number of pyridine rings is 1. The number of aromatic carboxylic acids is 1. The summed E-state index contributed by atoms with van der Waals surface area (Å²) in [6.07, 6.45) is 1.69. The summed E-state index contributed by atoms with van der Waals surface area (Å²) in [5.41, 5.74) is 2.45. The first kappa shape index (κ1) is 11.8. The second-order valence-corrected chi connectivity index (χ2v) is 4.45. The normalized spacial score (nSPS) is 10.5. The van der Waals surface area contributed by atoms with Crippen molar-refractivity contribution in [1.82, 2.24) is 14.8 Å². The lowest BCUT2D eigenvalue weighted by Gasteiger charge is -2.07. The molecule has 0 unspecified atom stereocenters. The number of carboxylic acids is 1. The second kappa shape index (κ2) is 4.29. The van der Waals surface area contributed by atoms with E-state index in [4.69, 9.17) is 5.11 Å². The summed E-state index contributed by atoms with van der Waals surface area (Å²) in [6.45, 7) is 1.78. The minimum Gasteiger partial charge on any atom is -0.477 e. The van der Waals surface area contributed by atoms with Gasteiger partial charge in [-0.2, -0.15) is 5.10 Å². The lowest BCUT2D eigenvalue weighted by molar-refractivity contribution is 0.0690. The van der Waals surface area contributed by atoms with Crippen LogP contribution in [0, 0.1) is 6.92 Å². The van der Waals surface area contributed by atoms with E-state index in [1.807, 2.05) is 7.05 Å². The fraction of sp³-hybridized carbons (Fsp3) is 0.182. The zero-order valence-corrected chi connectivity index (χ0v) is 10.9. The number of hydrogen-bond donors (Lipinski definition) is 1. The summed E-state index contributed by atoms with van der Waals surface area (Å²) in [6, 6.07) is 3.23. The number of aryl methyl sites for hydroxylation is 2. The van der Waals surface area contributed by atoms with Crippen LogP contribution in [0.4, 0.5) is 0 Å². The van der Waals surface area contributed by atoms with Crippen LogP contribution < -0.4 is 0 Å². The zero-order chi connectivity index (χ0) is 12.6. The lowest BCUT2D eigenvalue weighted by atomic mass is 10.1. The topological polar surface area (TPSA) is 68.0 Å². The number of rotatable bonds is 2. The summed E-state index contributed by atoms with van der Waals surface area (Å²) in [7, 11) is 1.82. The maximum atomic E-state index is 10.8. The first-order valence-corrected chi connectivity index (χ1v) is 5.69. The molecule has 0 aliphatic rings. The number of hydrogen-bond acceptors (Lipinski definition) is 3. The molecule has 0 aromatic carbocycles. The van der Waals surface area contributed by atoms with Crippen molar-refractivity contribution in [2.24, 2.45) is 7.05 Å². The van der Waals surface area contributed by atoms with Gasteiger partial charge in [-0.25, -0.2) is 9.78 Å². The van der Waals surface area contributed by atoms with Gasteiger partial charge < -0.3 is 5.11 Å². The van der Waals surface area contributed by atoms with Crippen molar-refractivity contribution in [2.45, 2.75) is 6.92 Å². The Morgan fingerprint density at radius 1 is 1.47 bits per heavy atom. The Kier molecular flexibility index (Phi) is 2.97. The van der Waals surface area contributed by atoms with Gasteiger partial charge in [0.1, 0.15) is 5.69 Å². The Balaban J connectivity index is 2.58. The van der Waals surface area contributed by atoms with Crippen LogP contribution in [0.15, 0.2) is 22.8 Å². The molecule has 2 heterocycles. The molecule has 6 heteroatoms. The van der Waals surface area contributed by atoms with E-state index in [9.17, 15) is 4.79 Å². The van der Waals surface area contributed by atoms with Gasteiger partial charge in [0.2, 0.25) is 0 Å². The van der Waals surface area contributed by atoms with E-state index in [1.54, 1.807) is 23.9 Å². The van der Waals surface area contributed by atoms with E-state index in [-0.39, 0.29) is 5.69 Å². The van der Waals surface area contributed by atoms with E-state index >= 15 is 0 Å². The van der Waals surface area contributed by atoms with Crippen LogP contribution in [0.1, 0.15) is 16.2 Å². The van der Waals surface area contributed by atoms with Crippen LogP contribution in [0.2, 0.25) is 0 Å². The third-order valence-electron chi connectivity index (χ3n) is 2.45. The first-order valence-electron chi connectivity index (χ1n) is 4.89. The highest BCUT2D eigenvalue weighted by molar-refractivity contribution is 9.10. The van der Waals surface area contributed by atoms with Crippen molar-refractivity contribution in [3.63, 3.8) is 0 Å². The molecule has 2 aromatic rings. The average molecular weight is 296 g/mol. The van der Waals surface area contributed by atoms with Crippen LogP contribution in [-0.2, 0) is 7.05 Å². The molecule has 0 fully saturated rings. The molecular weight excluding hydrogens is 286 g/mol. The second-order valence-electron chi connectivity index (χ2n) is 3.60. The van der Waals surface area contributed by atoms with E-state index in [0.29, 0.717) is 5.69 Å². The molecule has 2 rings (SSSR count). The molecular formula is C11H10BrN3O2. The maximum Gasteiger partial charge on any atom is 0.354 e. The molecule has 1 N–H and O–H groups in total. The Morgan fingerprint density at radius 2 is 2.18 bits per heavy atom. The third-order valence-corrected chi connectivity index (χ3v) is 3.03. The number of carboxylic acid groups (broad SMARTS) is 1. The van der Waals surface area contributed by atoms with Crippen LogP contribution in [-0.4, -0.2) is 25.8 Å². The van der Waals surface area contributed by atoms with Crippen LogP contribution >= 0.6 is 15.9 Å². The molecule has 17 heavy (non-hydrogen) atoms. The van der Waals surface area contributed by atoms with Crippen LogP contribution in [0.3, 0.4) is 0 Å². The first-order chi connectivity index (χ1) is 8.00. The fourth-order valence-electron chi connectivity index (χ4n) is 1.64. The van der Waals surface area contributed by atoms with E-state index in [0.717, 1.165) is 15.7 Å². The van der Waals surface area contributed by atoms with Crippen molar-refractivity contribution in [2.75, 3.05) is 0 Å². The molecule has 0 amide bonds. The highest BCUT2D eigenvalue weighted by atomic mass is 79.9. The van der Waals surface area contributed by atoms with Gasteiger partial charge in [0.25, 0.3) is 0 Å². The maximum absolute atomic E-state index is 10.8. The number of aromatic nitrogens is 3. The van der Waals surface area contributed by atoms with Gasteiger partial charge in [0, 0.05) is 18.3 Å². The molecule has 0 spiro atoms. The van der Waals surface area contributed by atoms with Crippen molar-refractivity contribution in [3.05, 3.63) is 34.2 Å². The predicted octanol–water partition coefficient (Wildman–Crippen LogP) is 2.25. The molecule has 0 radical (unpaired) electrons. The molecule has 0 bridgehead atoms. The number of halogens is 1. The molecule has 0 aliphatic carbocycles. The van der Waals surface area contributed by atoms with Gasteiger partial charge in [0.05, 0.1) is 16.4 Å². The summed E-state index contributed by atoms with van der Waals surface area (Å²) in [4.78, 5) is 14.8. The minimum atomic E-state index is -1.02. The van der Waals surface area contributed by atoms with Gasteiger partial charge >= 0.3 is 5.97 Å². The van der Waals surface area contributed by atoms with Gasteiger partial charge in [0.15, 0.2) is 0 Å². The SMILES string of the molecule is Cc1nc(C(=O)O)ccc1-c1c(Br)cnn1C. The third kappa shape index (κ3) is 2.08. The quantitative estimate of drug-likeness (QED) is 0.923. The van der Waals surface area contributed by atoms with Gasteiger partial charge in [-0.15, -0.1) is 0 Å². The Labute approximate surface area is 106 Å². The van der Waals surface area contributed by atoms with E-state index in [2.05, 4.69) is 26.0 Å². The molecule has 2 aromatic heterocycles. The van der Waals surface area contributed by atoms with E-state index < -0.39 is 5.97 Å². The smallest absolute Gasteiger partial charge is 0.354 e. The molecule has 88 valence electrons. The van der Waals surface area contributed by atoms with Crippen molar-refractivity contribution in [1.29, 1.82) is 0 Å². The van der Waals surface area contributed by atoms with Crippen LogP contribution in [0.25, 0.3) is 11.3 Å². The molecule has 0 saturated heterocycles. The largest absolute Gasteiger partial charge is 0.477 e. The van der Waals surface area contributed by atoms with Crippen molar-refractivity contribution < 1.29 is 9.90 Å². The minimum absolute atomic E-state index is 0.0459. The van der Waals surface area contributed by atoms with E-state index in [1.165, 1.54) is 6.07 Å². The Bertz CT molecular complexity index is 573. The number of carbonyl (C=O) groups is 1. The lowest BCUT2D eigenvalue weighted by Crippen LogP contribution is -2.03. The molecule has 0 atom stereocenters. The summed E-state index contributed by atoms with van der Waals surface area (Å²) < 4.78 is 2.57. The van der Waals surface area contributed by atoms with Crippen molar-refractivity contribution >= 4 is 21.9 Å².